The van der Waals surface area contributed by atoms with Crippen molar-refractivity contribution in [2.24, 2.45) is 10.9 Å². The highest BCUT2D eigenvalue weighted by Crippen LogP contribution is 2.23. The van der Waals surface area contributed by atoms with Crippen molar-refractivity contribution in [2.45, 2.75) is 19.1 Å². The first-order valence-corrected chi connectivity index (χ1v) is 6.36. The van der Waals surface area contributed by atoms with Crippen LogP contribution in [0.15, 0.2) is 17.3 Å². The van der Waals surface area contributed by atoms with E-state index >= 15 is 0 Å². The Hall–Kier alpha value is -1.86. The average molecular weight is 280 g/mol. The molecule has 1 fully saturated rings. The summed E-state index contributed by atoms with van der Waals surface area (Å²) in [5.41, 5.74) is 7.09. The molecule has 110 valence electrons. The zero-order valence-electron chi connectivity index (χ0n) is 11.9. The van der Waals surface area contributed by atoms with Crippen molar-refractivity contribution in [3.8, 4) is 0 Å². The topological polar surface area (TPSA) is 93.2 Å². The molecule has 2 unspecified atom stereocenters. The number of nitrogens with zero attached hydrogens (tertiary/aromatic N) is 3. The number of methoxy groups -OCH3 is 2. The number of hydrogen-bond acceptors (Lipinski definition) is 6. The number of hydrogen-bond donors (Lipinski definition) is 2. The zero-order valence-corrected chi connectivity index (χ0v) is 11.9. The number of pyridine rings is 1. The first-order valence-electron chi connectivity index (χ1n) is 6.36. The van der Waals surface area contributed by atoms with Gasteiger partial charge in [0.2, 0.25) is 0 Å². The van der Waals surface area contributed by atoms with Gasteiger partial charge in [-0.15, -0.1) is 0 Å². The predicted molar refractivity (Wildman–Crippen MR) is 75.3 cm³/mol. The van der Waals surface area contributed by atoms with Crippen molar-refractivity contribution in [1.29, 1.82) is 0 Å². The van der Waals surface area contributed by atoms with Crippen molar-refractivity contribution >= 4 is 11.7 Å². The normalized spacial score (nSPS) is 23.4. The van der Waals surface area contributed by atoms with Gasteiger partial charge in [-0.05, 0) is 19.1 Å². The molecule has 0 radical (unpaired) electrons. The van der Waals surface area contributed by atoms with Gasteiger partial charge in [0.05, 0.1) is 0 Å². The number of aryl methyl sites for hydroxylation is 1. The molecular weight excluding hydrogens is 260 g/mol. The minimum Gasteiger partial charge on any atom is -0.409 e. The summed E-state index contributed by atoms with van der Waals surface area (Å²) in [5, 5.41) is 11.8. The van der Waals surface area contributed by atoms with Gasteiger partial charge in [0.25, 0.3) is 0 Å². The standard InChI is InChI=1S/C13H20N4O3/c1-8-4-9(13(14)16-18)5-12(15-8)17-6-10(19-2)11(7-17)20-3/h4-5,10-11,18H,6-7H2,1-3H3,(H2,14,16). The SMILES string of the molecule is COC1CN(c2cc(/C(N)=N/O)cc(C)n2)CC1OC. The van der Waals surface area contributed by atoms with Crippen LogP contribution in [0, 0.1) is 6.92 Å². The maximum atomic E-state index is 8.78. The highest BCUT2D eigenvalue weighted by atomic mass is 16.5. The third kappa shape index (κ3) is 2.83. The Balaban J connectivity index is 2.27. The molecule has 20 heavy (non-hydrogen) atoms. The molecule has 1 saturated heterocycles. The number of aromatic nitrogens is 1. The monoisotopic (exact) mass is 280 g/mol. The van der Waals surface area contributed by atoms with Crippen molar-refractivity contribution in [1.82, 2.24) is 4.98 Å². The second-order valence-corrected chi connectivity index (χ2v) is 4.79. The molecular formula is C13H20N4O3. The lowest BCUT2D eigenvalue weighted by atomic mass is 10.2. The zero-order chi connectivity index (χ0) is 14.7. The Morgan fingerprint density at radius 3 is 2.45 bits per heavy atom. The summed E-state index contributed by atoms with van der Waals surface area (Å²) in [6.45, 7) is 3.26. The van der Waals surface area contributed by atoms with E-state index in [9.17, 15) is 0 Å². The summed E-state index contributed by atoms with van der Waals surface area (Å²) in [7, 11) is 3.34. The molecule has 3 N–H and O–H groups in total. The maximum absolute atomic E-state index is 8.78. The molecule has 0 bridgehead atoms. The van der Waals surface area contributed by atoms with Gasteiger partial charge in [0, 0.05) is 38.6 Å². The van der Waals surface area contributed by atoms with Crippen LogP contribution in [0.25, 0.3) is 0 Å². The number of ether oxygens (including phenoxy) is 2. The molecule has 0 aromatic carbocycles. The van der Waals surface area contributed by atoms with Gasteiger partial charge >= 0.3 is 0 Å². The minimum absolute atomic E-state index is 0.00891. The summed E-state index contributed by atoms with van der Waals surface area (Å²) < 4.78 is 10.8. The van der Waals surface area contributed by atoms with E-state index in [1.165, 1.54) is 0 Å². The van der Waals surface area contributed by atoms with Crippen LogP contribution in [0.3, 0.4) is 0 Å². The molecule has 0 amide bonds. The van der Waals surface area contributed by atoms with Crippen LogP contribution < -0.4 is 10.6 Å². The molecule has 1 aromatic heterocycles. The molecule has 2 heterocycles. The van der Waals surface area contributed by atoms with Gasteiger partial charge in [0.15, 0.2) is 5.84 Å². The molecule has 0 saturated carbocycles. The van der Waals surface area contributed by atoms with Gasteiger partial charge in [-0.1, -0.05) is 5.16 Å². The summed E-state index contributed by atoms with van der Waals surface area (Å²) in [6.07, 6.45) is 0.0178. The van der Waals surface area contributed by atoms with Crippen LogP contribution in [-0.4, -0.2) is 55.5 Å². The third-order valence-corrected chi connectivity index (χ3v) is 3.49. The van der Waals surface area contributed by atoms with E-state index < -0.39 is 0 Å². The molecule has 2 atom stereocenters. The van der Waals surface area contributed by atoms with Gasteiger partial charge < -0.3 is 25.3 Å². The second-order valence-electron chi connectivity index (χ2n) is 4.79. The van der Waals surface area contributed by atoms with Crippen molar-refractivity contribution in [3.05, 3.63) is 23.4 Å². The van der Waals surface area contributed by atoms with Crippen LogP contribution >= 0.6 is 0 Å². The number of nitrogens with two attached hydrogens (primary N) is 1. The average Bonchev–Trinajstić information content (AvgIpc) is 2.89. The van der Waals surface area contributed by atoms with Crippen molar-refractivity contribution < 1.29 is 14.7 Å². The third-order valence-electron chi connectivity index (χ3n) is 3.49. The first kappa shape index (κ1) is 14.5. The highest BCUT2D eigenvalue weighted by Gasteiger charge is 2.33. The van der Waals surface area contributed by atoms with Crippen LogP contribution in [0.4, 0.5) is 5.82 Å². The van der Waals surface area contributed by atoms with Gasteiger partial charge in [-0.2, -0.15) is 0 Å². The van der Waals surface area contributed by atoms with E-state index in [0.717, 1.165) is 11.5 Å². The number of oxime groups is 1. The summed E-state index contributed by atoms with van der Waals surface area (Å²) in [5.74, 6) is 0.843. The molecule has 7 heteroatoms. The fraction of sp³-hybridized carbons (Fsp3) is 0.538. The smallest absolute Gasteiger partial charge is 0.170 e. The Kier molecular flexibility index (Phi) is 4.41. The summed E-state index contributed by atoms with van der Waals surface area (Å²) >= 11 is 0. The fourth-order valence-corrected chi connectivity index (χ4v) is 2.40. The number of amidine groups is 1. The van der Waals surface area contributed by atoms with E-state index in [4.69, 9.17) is 20.4 Å². The van der Waals surface area contributed by atoms with E-state index in [0.29, 0.717) is 18.7 Å². The Bertz CT molecular complexity index is 494. The Labute approximate surface area is 118 Å². The number of anilines is 1. The molecule has 2 rings (SSSR count). The van der Waals surface area contributed by atoms with E-state index in [-0.39, 0.29) is 18.0 Å². The largest absolute Gasteiger partial charge is 0.409 e. The second kappa shape index (κ2) is 6.06. The van der Waals surface area contributed by atoms with Crippen LogP contribution in [0.5, 0.6) is 0 Å². The quantitative estimate of drug-likeness (QED) is 0.357. The summed E-state index contributed by atoms with van der Waals surface area (Å²) in [6, 6.07) is 3.57. The van der Waals surface area contributed by atoms with E-state index in [1.807, 2.05) is 6.92 Å². The van der Waals surface area contributed by atoms with Gasteiger partial charge in [-0.25, -0.2) is 4.98 Å². The van der Waals surface area contributed by atoms with E-state index in [1.54, 1.807) is 26.4 Å². The first-order chi connectivity index (χ1) is 9.58. The molecule has 1 aliphatic heterocycles. The van der Waals surface area contributed by atoms with Crippen LogP contribution in [-0.2, 0) is 9.47 Å². The minimum atomic E-state index is 0.00891. The van der Waals surface area contributed by atoms with Crippen molar-refractivity contribution in [2.75, 3.05) is 32.2 Å². The van der Waals surface area contributed by atoms with Crippen LogP contribution in [0.1, 0.15) is 11.3 Å². The molecule has 7 nitrogen and oxygen atoms in total. The predicted octanol–water partition coefficient (Wildman–Crippen LogP) is 0.335. The Morgan fingerprint density at radius 1 is 1.35 bits per heavy atom. The Morgan fingerprint density at radius 2 is 1.95 bits per heavy atom. The molecule has 1 aromatic rings. The lowest BCUT2D eigenvalue weighted by Gasteiger charge is -2.18. The van der Waals surface area contributed by atoms with E-state index in [2.05, 4.69) is 15.0 Å². The molecule has 0 spiro atoms. The molecule has 1 aliphatic rings. The summed E-state index contributed by atoms with van der Waals surface area (Å²) in [4.78, 5) is 6.57. The van der Waals surface area contributed by atoms with Gasteiger partial charge in [-0.3, -0.25) is 0 Å². The fourth-order valence-electron chi connectivity index (χ4n) is 2.40. The lowest BCUT2D eigenvalue weighted by Crippen LogP contribution is -2.27. The number of rotatable bonds is 4. The lowest BCUT2D eigenvalue weighted by molar-refractivity contribution is -0.00461. The highest BCUT2D eigenvalue weighted by molar-refractivity contribution is 5.97. The van der Waals surface area contributed by atoms with Crippen LogP contribution in [0.2, 0.25) is 0 Å². The van der Waals surface area contributed by atoms with Gasteiger partial charge in [0.1, 0.15) is 18.0 Å². The maximum Gasteiger partial charge on any atom is 0.170 e. The van der Waals surface area contributed by atoms with Crippen molar-refractivity contribution in [3.63, 3.8) is 0 Å². The molecule has 0 aliphatic carbocycles.